The smallest absolute Gasteiger partial charge is 0.403 e. The maximum atomic E-state index is 14.6. The molecule has 1 amide bonds. The SMILES string of the molecule is CN(C[C@@H](O)CO)c1cc(Nc2ccc(C(=O)Nc3nc(-c4cccc(OC(F)(F)F)c4F)cs3)cc2)ncn1. The van der Waals surface area contributed by atoms with E-state index in [2.05, 4.69) is 30.3 Å². The molecule has 0 aliphatic rings. The van der Waals surface area contributed by atoms with Crippen LogP contribution < -0.4 is 20.3 Å². The Kier molecular flexibility index (Phi) is 8.77. The molecular formula is C25H22F4N6O4S. The zero-order chi connectivity index (χ0) is 28.9. The van der Waals surface area contributed by atoms with Crippen molar-refractivity contribution in [3.8, 4) is 17.0 Å². The predicted molar refractivity (Wildman–Crippen MR) is 140 cm³/mol. The van der Waals surface area contributed by atoms with Crippen molar-refractivity contribution in [2.24, 2.45) is 0 Å². The highest BCUT2D eigenvalue weighted by atomic mass is 32.1. The van der Waals surface area contributed by atoms with E-state index in [-0.39, 0.29) is 35.1 Å². The van der Waals surface area contributed by atoms with Gasteiger partial charge in [0.1, 0.15) is 18.0 Å². The number of aliphatic hydroxyl groups excluding tert-OH is 2. The lowest BCUT2D eigenvalue weighted by Crippen LogP contribution is -2.31. The number of ether oxygens (including phenoxy) is 1. The molecule has 210 valence electrons. The fraction of sp³-hybridized carbons (Fsp3) is 0.200. The van der Waals surface area contributed by atoms with Gasteiger partial charge in [-0.2, -0.15) is 0 Å². The van der Waals surface area contributed by atoms with Gasteiger partial charge in [-0.1, -0.05) is 6.07 Å². The Morgan fingerprint density at radius 1 is 1.18 bits per heavy atom. The number of halogens is 4. The van der Waals surface area contributed by atoms with E-state index in [0.717, 1.165) is 17.4 Å². The summed E-state index contributed by atoms with van der Waals surface area (Å²) in [6, 6.07) is 11.3. The lowest BCUT2D eigenvalue weighted by Gasteiger charge is -2.20. The summed E-state index contributed by atoms with van der Waals surface area (Å²) in [5.74, 6) is -1.74. The summed E-state index contributed by atoms with van der Waals surface area (Å²) >= 11 is 0.976. The first-order valence-corrected chi connectivity index (χ1v) is 12.4. The number of anilines is 4. The predicted octanol–water partition coefficient (Wildman–Crippen LogP) is 4.42. The molecule has 0 fully saturated rings. The normalized spacial score (nSPS) is 12.1. The molecule has 15 heteroatoms. The second kappa shape index (κ2) is 12.2. The number of carbonyl (C=O) groups is 1. The van der Waals surface area contributed by atoms with Crippen molar-refractivity contribution in [3.05, 3.63) is 71.6 Å². The third-order valence-corrected chi connectivity index (χ3v) is 6.11. The third kappa shape index (κ3) is 7.40. The highest BCUT2D eigenvalue weighted by Gasteiger charge is 2.33. The molecule has 0 saturated carbocycles. The van der Waals surface area contributed by atoms with Gasteiger partial charge in [-0.15, -0.1) is 24.5 Å². The van der Waals surface area contributed by atoms with Gasteiger partial charge >= 0.3 is 6.36 Å². The lowest BCUT2D eigenvalue weighted by molar-refractivity contribution is -0.275. The first-order valence-electron chi connectivity index (χ1n) is 11.5. The molecule has 4 N–H and O–H groups in total. The van der Waals surface area contributed by atoms with E-state index < -0.39 is 29.9 Å². The number of hydrogen-bond acceptors (Lipinski definition) is 10. The van der Waals surface area contributed by atoms with Crippen LogP contribution in [0.25, 0.3) is 11.3 Å². The molecule has 2 aromatic carbocycles. The van der Waals surface area contributed by atoms with Gasteiger partial charge in [0.05, 0.1) is 18.4 Å². The largest absolute Gasteiger partial charge is 0.573 e. The number of hydrogen-bond donors (Lipinski definition) is 4. The van der Waals surface area contributed by atoms with Crippen LogP contribution in [0.5, 0.6) is 5.75 Å². The Hall–Kier alpha value is -4.34. The number of rotatable bonds is 10. The van der Waals surface area contributed by atoms with Crippen LogP contribution in [-0.2, 0) is 0 Å². The summed E-state index contributed by atoms with van der Waals surface area (Å²) in [7, 11) is 1.71. The number of amides is 1. The minimum absolute atomic E-state index is 0.0331. The number of carbonyl (C=O) groups excluding carboxylic acids is 1. The van der Waals surface area contributed by atoms with E-state index in [0.29, 0.717) is 17.3 Å². The second-order valence-corrected chi connectivity index (χ2v) is 9.20. The minimum Gasteiger partial charge on any atom is -0.403 e. The first-order chi connectivity index (χ1) is 19.0. The van der Waals surface area contributed by atoms with E-state index >= 15 is 0 Å². The summed E-state index contributed by atoms with van der Waals surface area (Å²) in [5.41, 5.74) is 0.727. The number of benzene rings is 2. The Balaban J connectivity index is 1.40. The van der Waals surface area contributed by atoms with Gasteiger partial charge < -0.3 is 25.2 Å². The highest BCUT2D eigenvalue weighted by Crippen LogP contribution is 2.34. The van der Waals surface area contributed by atoms with Gasteiger partial charge in [0.15, 0.2) is 16.7 Å². The zero-order valence-corrected chi connectivity index (χ0v) is 21.5. The fourth-order valence-corrected chi connectivity index (χ4v) is 4.19. The van der Waals surface area contributed by atoms with Gasteiger partial charge in [0.2, 0.25) is 0 Å². The quantitative estimate of drug-likeness (QED) is 0.202. The van der Waals surface area contributed by atoms with Gasteiger partial charge in [-0.05, 0) is 36.4 Å². The number of nitrogens with one attached hydrogen (secondary N) is 2. The standard InChI is InChI=1S/C25H22F4N6O4S/c1-35(10-16(37)11-36)21-9-20(30-13-31-21)32-15-7-5-14(6-8-15)23(38)34-24-33-18(12-40-24)17-3-2-4-19(22(17)26)39-25(27,28)29/h2-9,12-13,16,36-37H,10-11H2,1H3,(H,30,31,32)(H,33,34,38)/t16-/m1/s1. The molecule has 2 aromatic heterocycles. The van der Waals surface area contributed by atoms with Crippen LogP contribution >= 0.6 is 11.3 Å². The molecule has 0 saturated heterocycles. The number of likely N-dealkylation sites (N-methyl/N-ethyl adjacent to an activating group) is 1. The van der Waals surface area contributed by atoms with E-state index in [1.165, 1.54) is 23.8 Å². The van der Waals surface area contributed by atoms with Crippen molar-refractivity contribution in [3.63, 3.8) is 0 Å². The number of thiazole rings is 1. The van der Waals surface area contributed by atoms with E-state index in [4.69, 9.17) is 5.11 Å². The van der Waals surface area contributed by atoms with Crippen LogP contribution in [0.1, 0.15) is 10.4 Å². The van der Waals surface area contributed by atoms with Crippen molar-refractivity contribution >= 4 is 39.7 Å². The van der Waals surface area contributed by atoms with Crippen molar-refractivity contribution in [2.45, 2.75) is 12.5 Å². The summed E-state index contributed by atoms with van der Waals surface area (Å²) in [5, 5.41) is 25.8. The molecule has 2 heterocycles. The first kappa shape index (κ1) is 28.7. The molecule has 0 radical (unpaired) electrons. The maximum absolute atomic E-state index is 14.6. The zero-order valence-electron chi connectivity index (χ0n) is 20.7. The minimum atomic E-state index is -5.05. The summed E-state index contributed by atoms with van der Waals surface area (Å²) in [4.78, 5) is 26.8. The molecule has 0 aliphatic heterocycles. The molecule has 0 unspecified atom stereocenters. The van der Waals surface area contributed by atoms with Gasteiger partial charge in [-0.3, -0.25) is 10.1 Å². The van der Waals surface area contributed by atoms with Crippen LogP contribution in [0, 0.1) is 5.82 Å². The Labute approximate surface area is 228 Å². The topological polar surface area (TPSA) is 133 Å². The van der Waals surface area contributed by atoms with E-state index in [1.54, 1.807) is 42.3 Å². The summed E-state index contributed by atoms with van der Waals surface area (Å²) in [6.07, 6.45) is -4.63. The summed E-state index contributed by atoms with van der Waals surface area (Å²) in [6.45, 7) is -0.206. The molecule has 0 aliphatic carbocycles. The second-order valence-electron chi connectivity index (χ2n) is 8.34. The third-order valence-electron chi connectivity index (χ3n) is 5.35. The lowest BCUT2D eigenvalue weighted by atomic mass is 10.1. The van der Waals surface area contributed by atoms with Crippen molar-refractivity contribution in [1.29, 1.82) is 0 Å². The van der Waals surface area contributed by atoms with Crippen LogP contribution in [0.2, 0.25) is 0 Å². The summed E-state index contributed by atoms with van der Waals surface area (Å²) < 4.78 is 55.8. The number of aliphatic hydroxyl groups is 2. The van der Waals surface area contributed by atoms with Gasteiger partial charge in [-0.25, -0.2) is 19.3 Å². The highest BCUT2D eigenvalue weighted by molar-refractivity contribution is 7.14. The molecule has 10 nitrogen and oxygen atoms in total. The van der Waals surface area contributed by atoms with Crippen LogP contribution in [0.15, 0.2) is 60.2 Å². The molecule has 0 bridgehead atoms. The van der Waals surface area contributed by atoms with Gasteiger partial charge in [0.25, 0.3) is 5.91 Å². The van der Waals surface area contributed by atoms with E-state index in [9.17, 15) is 27.5 Å². The average Bonchev–Trinajstić information content (AvgIpc) is 3.37. The number of nitrogens with zero attached hydrogens (tertiary/aromatic N) is 4. The molecule has 0 spiro atoms. The van der Waals surface area contributed by atoms with Crippen LogP contribution in [-0.4, -0.2) is 63.7 Å². The number of aromatic nitrogens is 3. The maximum Gasteiger partial charge on any atom is 0.573 e. The Morgan fingerprint density at radius 3 is 2.62 bits per heavy atom. The monoisotopic (exact) mass is 578 g/mol. The average molecular weight is 579 g/mol. The molecule has 40 heavy (non-hydrogen) atoms. The fourth-order valence-electron chi connectivity index (χ4n) is 3.48. The molecular weight excluding hydrogens is 556 g/mol. The number of alkyl halides is 3. The van der Waals surface area contributed by atoms with E-state index in [1.807, 2.05) is 0 Å². The van der Waals surface area contributed by atoms with Crippen LogP contribution in [0.4, 0.5) is 40.0 Å². The molecule has 1 atom stereocenters. The molecule has 4 aromatic rings. The van der Waals surface area contributed by atoms with Crippen LogP contribution in [0.3, 0.4) is 0 Å². The van der Waals surface area contributed by atoms with Crippen molar-refractivity contribution < 1.29 is 37.3 Å². The Morgan fingerprint density at radius 2 is 1.93 bits per heavy atom. The molecule has 4 rings (SSSR count). The Bertz CT molecular complexity index is 1470. The van der Waals surface area contributed by atoms with Crippen molar-refractivity contribution in [2.75, 3.05) is 35.7 Å². The van der Waals surface area contributed by atoms with Gasteiger partial charge in [0, 0.05) is 41.9 Å². The van der Waals surface area contributed by atoms with Crippen molar-refractivity contribution in [1.82, 2.24) is 15.0 Å².